The van der Waals surface area contributed by atoms with Gasteiger partial charge >= 0.3 is 0 Å². The third-order valence-electron chi connectivity index (χ3n) is 6.84. The van der Waals surface area contributed by atoms with E-state index >= 15 is 0 Å². The van der Waals surface area contributed by atoms with Crippen LogP contribution in [0.1, 0.15) is 94.6 Å². The van der Waals surface area contributed by atoms with Crippen LogP contribution in [0.25, 0.3) is 11.1 Å². The van der Waals surface area contributed by atoms with Crippen molar-refractivity contribution in [3.8, 4) is 11.1 Å². The summed E-state index contributed by atoms with van der Waals surface area (Å²) in [6.45, 7) is 1.77. The van der Waals surface area contributed by atoms with Crippen molar-refractivity contribution in [3.63, 3.8) is 0 Å². The molecule has 1 N–H and O–H groups in total. The maximum Gasteiger partial charge on any atom is 0.167 e. The number of unbranched alkanes of at least 4 members (excludes halogenated alkanes) is 5. The lowest BCUT2D eigenvalue weighted by molar-refractivity contribution is 0.273. The van der Waals surface area contributed by atoms with E-state index in [-0.39, 0.29) is 11.1 Å². The van der Waals surface area contributed by atoms with Crippen LogP contribution in [0.3, 0.4) is 0 Å². The SMILES string of the molecule is CCCCCCCCC1CCC(c2ccc(-c3ccc(CO)c(F)c3F)cc2)CC1. The summed E-state index contributed by atoms with van der Waals surface area (Å²) in [6, 6.07) is 10.9. The molecule has 0 unspecified atom stereocenters. The van der Waals surface area contributed by atoms with Crippen LogP contribution in [0.5, 0.6) is 0 Å². The molecule has 164 valence electrons. The van der Waals surface area contributed by atoms with Crippen molar-refractivity contribution in [1.82, 2.24) is 0 Å². The summed E-state index contributed by atoms with van der Waals surface area (Å²) >= 11 is 0. The summed E-state index contributed by atoms with van der Waals surface area (Å²) in [6.07, 6.45) is 14.7. The van der Waals surface area contributed by atoms with Gasteiger partial charge in [-0.15, -0.1) is 0 Å². The fourth-order valence-electron chi connectivity index (χ4n) is 4.87. The number of halogens is 2. The van der Waals surface area contributed by atoms with Crippen molar-refractivity contribution in [2.24, 2.45) is 5.92 Å². The molecule has 0 atom stereocenters. The lowest BCUT2D eigenvalue weighted by atomic mass is 9.77. The molecule has 3 rings (SSSR count). The number of hydrogen-bond acceptors (Lipinski definition) is 1. The highest BCUT2D eigenvalue weighted by molar-refractivity contribution is 5.65. The molecular weight excluding hydrogens is 378 g/mol. The van der Waals surface area contributed by atoms with Crippen LogP contribution in [0.15, 0.2) is 36.4 Å². The van der Waals surface area contributed by atoms with E-state index in [4.69, 9.17) is 5.11 Å². The Bertz CT molecular complexity index is 776. The van der Waals surface area contributed by atoms with E-state index in [0.29, 0.717) is 11.5 Å². The highest BCUT2D eigenvalue weighted by Gasteiger charge is 2.22. The molecule has 0 saturated heterocycles. The first-order chi connectivity index (χ1) is 14.6. The number of benzene rings is 2. The van der Waals surface area contributed by atoms with E-state index in [2.05, 4.69) is 19.1 Å². The molecule has 1 aliphatic rings. The standard InChI is InChI=1S/C27H36F2O/c1-2-3-4-5-6-7-8-20-9-11-21(12-10-20)22-13-15-23(16-14-22)25-18-17-24(19-30)26(28)27(25)29/h13-18,20-21,30H,2-12,19H2,1H3. The van der Waals surface area contributed by atoms with Crippen LogP contribution < -0.4 is 0 Å². The van der Waals surface area contributed by atoms with Crippen molar-refractivity contribution in [1.29, 1.82) is 0 Å². The molecule has 1 aliphatic carbocycles. The van der Waals surface area contributed by atoms with Crippen LogP contribution in [0.4, 0.5) is 8.78 Å². The van der Waals surface area contributed by atoms with E-state index < -0.39 is 18.2 Å². The smallest absolute Gasteiger partial charge is 0.167 e. The fourth-order valence-corrected chi connectivity index (χ4v) is 4.87. The quantitative estimate of drug-likeness (QED) is 0.389. The minimum Gasteiger partial charge on any atom is -0.392 e. The average Bonchev–Trinajstić information content (AvgIpc) is 2.78. The number of aliphatic hydroxyl groups excluding tert-OH is 1. The first-order valence-corrected chi connectivity index (χ1v) is 11.8. The minimum atomic E-state index is -0.956. The van der Waals surface area contributed by atoms with Gasteiger partial charge in [0.25, 0.3) is 0 Å². The molecule has 2 aromatic carbocycles. The third kappa shape index (κ3) is 5.91. The van der Waals surface area contributed by atoms with Crippen molar-refractivity contribution in [2.75, 3.05) is 0 Å². The van der Waals surface area contributed by atoms with Gasteiger partial charge in [-0.2, -0.15) is 0 Å². The maximum atomic E-state index is 14.3. The zero-order valence-corrected chi connectivity index (χ0v) is 18.3. The third-order valence-corrected chi connectivity index (χ3v) is 6.84. The highest BCUT2D eigenvalue weighted by atomic mass is 19.2. The average molecular weight is 415 g/mol. The van der Waals surface area contributed by atoms with Gasteiger partial charge in [-0.05, 0) is 48.6 Å². The number of rotatable bonds is 10. The van der Waals surface area contributed by atoms with Crippen molar-refractivity contribution >= 4 is 0 Å². The maximum absolute atomic E-state index is 14.3. The van der Waals surface area contributed by atoms with Crippen LogP contribution in [0, 0.1) is 17.6 Å². The van der Waals surface area contributed by atoms with E-state index in [1.165, 1.54) is 82.3 Å². The van der Waals surface area contributed by atoms with Gasteiger partial charge in [0.05, 0.1) is 6.61 Å². The molecule has 0 aromatic heterocycles. The molecule has 0 amide bonds. The molecule has 1 saturated carbocycles. The van der Waals surface area contributed by atoms with Gasteiger partial charge in [-0.25, -0.2) is 8.78 Å². The van der Waals surface area contributed by atoms with Gasteiger partial charge < -0.3 is 5.11 Å². The lowest BCUT2D eigenvalue weighted by Crippen LogP contribution is -2.13. The molecule has 0 radical (unpaired) electrons. The molecule has 0 bridgehead atoms. The summed E-state index contributed by atoms with van der Waals surface area (Å²) in [5.41, 5.74) is 2.23. The van der Waals surface area contributed by atoms with Gasteiger partial charge in [-0.1, -0.05) is 88.3 Å². The molecular formula is C27H36F2O. The summed E-state index contributed by atoms with van der Waals surface area (Å²) in [7, 11) is 0. The zero-order chi connectivity index (χ0) is 21.3. The molecule has 0 spiro atoms. The van der Waals surface area contributed by atoms with Gasteiger partial charge in [-0.3, -0.25) is 0 Å². The van der Waals surface area contributed by atoms with Crippen molar-refractivity contribution < 1.29 is 13.9 Å². The van der Waals surface area contributed by atoms with Crippen molar-refractivity contribution in [3.05, 3.63) is 59.2 Å². The van der Waals surface area contributed by atoms with Gasteiger partial charge in [0.2, 0.25) is 0 Å². The Kier molecular flexibility index (Phi) is 8.87. The molecule has 0 aliphatic heterocycles. The second-order valence-corrected chi connectivity index (χ2v) is 8.95. The molecule has 1 fully saturated rings. The van der Waals surface area contributed by atoms with E-state index in [9.17, 15) is 8.78 Å². The first kappa shape index (κ1) is 22.9. The van der Waals surface area contributed by atoms with Gasteiger partial charge in [0.1, 0.15) is 0 Å². The Labute approximate surface area is 180 Å². The molecule has 30 heavy (non-hydrogen) atoms. The van der Waals surface area contributed by atoms with Crippen molar-refractivity contribution in [2.45, 2.75) is 90.1 Å². The van der Waals surface area contributed by atoms with Crippen LogP contribution in [-0.2, 0) is 6.61 Å². The second-order valence-electron chi connectivity index (χ2n) is 8.95. The summed E-state index contributed by atoms with van der Waals surface area (Å²) in [5.74, 6) is -0.376. The zero-order valence-electron chi connectivity index (χ0n) is 18.3. The minimum absolute atomic E-state index is 0.00871. The summed E-state index contributed by atoms with van der Waals surface area (Å²) in [4.78, 5) is 0. The van der Waals surface area contributed by atoms with Gasteiger partial charge in [0, 0.05) is 11.1 Å². The topological polar surface area (TPSA) is 20.2 Å². The molecule has 0 heterocycles. The Hall–Kier alpha value is -1.74. The van der Waals surface area contributed by atoms with Crippen LogP contribution >= 0.6 is 0 Å². The molecule has 2 aromatic rings. The Morgan fingerprint density at radius 1 is 0.800 bits per heavy atom. The Morgan fingerprint density at radius 2 is 1.47 bits per heavy atom. The summed E-state index contributed by atoms with van der Waals surface area (Å²) < 4.78 is 28.3. The molecule has 3 heteroatoms. The normalized spacial score (nSPS) is 19.2. The number of hydrogen-bond donors (Lipinski definition) is 1. The number of aliphatic hydroxyl groups is 1. The van der Waals surface area contributed by atoms with E-state index in [1.54, 1.807) is 6.07 Å². The predicted octanol–water partition coefficient (Wildman–Crippen LogP) is 8.15. The fraction of sp³-hybridized carbons (Fsp3) is 0.556. The largest absolute Gasteiger partial charge is 0.392 e. The second kappa shape index (κ2) is 11.6. The predicted molar refractivity (Wildman–Crippen MR) is 120 cm³/mol. The van der Waals surface area contributed by atoms with Crippen LogP contribution in [-0.4, -0.2) is 5.11 Å². The monoisotopic (exact) mass is 414 g/mol. The first-order valence-electron chi connectivity index (χ1n) is 11.8. The van der Waals surface area contributed by atoms with E-state index in [1.807, 2.05) is 12.1 Å². The van der Waals surface area contributed by atoms with E-state index in [0.717, 1.165) is 5.92 Å². The highest BCUT2D eigenvalue weighted by Crippen LogP contribution is 2.38. The Morgan fingerprint density at radius 3 is 2.13 bits per heavy atom. The molecule has 1 nitrogen and oxygen atoms in total. The Balaban J connectivity index is 1.50. The lowest BCUT2D eigenvalue weighted by Gasteiger charge is -2.29. The van der Waals surface area contributed by atoms with Crippen LogP contribution in [0.2, 0.25) is 0 Å². The summed E-state index contributed by atoms with van der Waals surface area (Å²) in [5, 5.41) is 9.09. The van der Waals surface area contributed by atoms with Gasteiger partial charge in [0.15, 0.2) is 11.6 Å².